The smallest absolute Gasteiger partial charge is 0.231 e. The van der Waals surface area contributed by atoms with Gasteiger partial charge in [-0.1, -0.05) is 6.07 Å². The van der Waals surface area contributed by atoms with Gasteiger partial charge in [-0.15, -0.1) is 24.0 Å². The maximum absolute atomic E-state index is 5.41. The molecule has 0 spiro atoms. The lowest BCUT2D eigenvalue weighted by Gasteiger charge is -2.11. The summed E-state index contributed by atoms with van der Waals surface area (Å²) in [6.45, 7) is 8.51. The third kappa shape index (κ3) is 8.13. The van der Waals surface area contributed by atoms with Gasteiger partial charge < -0.3 is 24.8 Å². The molecular formula is C18H30IN3O3. The molecule has 0 radical (unpaired) electrons. The zero-order valence-electron chi connectivity index (χ0n) is 15.2. The Morgan fingerprint density at radius 2 is 2.00 bits per heavy atom. The first-order valence-corrected chi connectivity index (χ1v) is 8.82. The van der Waals surface area contributed by atoms with E-state index >= 15 is 0 Å². The molecule has 0 unspecified atom stereocenters. The second kappa shape index (κ2) is 13.0. The quantitative estimate of drug-likeness (QED) is 0.242. The van der Waals surface area contributed by atoms with Crippen LogP contribution in [0.4, 0.5) is 0 Å². The Balaban J connectivity index is 0.00000312. The van der Waals surface area contributed by atoms with Crippen LogP contribution in [-0.2, 0) is 11.2 Å². The minimum absolute atomic E-state index is 0. The van der Waals surface area contributed by atoms with Crippen molar-refractivity contribution in [2.24, 2.45) is 4.99 Å². The number of unbranched alkanes of at least 4 members (excludes halogenated alkanes) is 1. The zero-order valence-corrected chi connectivity index (χ0v) is 17.5. The highest BCUT2D eigenvalue weighted by Crippen LogP contribution is 2.32. The lowest BCUT2D eigenvalue weighted by atomic mass is 10.1. The molecule has 0 atom stereocenters. The first-order chi connectivity index (χ1) is 11.8. The van der Waals surface area contributed by atoms with E-state index in [0.29, 0.717) is 6.79 Å². The number of benzene rings is 1. The SMILES string of the molecule is CCNC(=NCCCCOCC)NCCc1ccc2c(c1)OCO2.I. The molecule has 2 rings (SSSR count). The van der Waals surface area contributed by atoms with Gasteiger partial charge in [0.2, 0.25) is 6.79 Å². The number of fused-ring (bicyclic) bond motifs is 1. The lowest BCUT2D eigenvalue weighted by Crippen LogP contribution is -2.38. The Bertz CT molecular complexity index is 526. The van der Waals surface area contributed by atoms with Crippen LogP contribution in [0.15, 0.2) is 23.2 Å². The molecule has 0 saturated heterocycles. The number of aliphatic imine (C=N–C) groups is 1. The maximum atomic E-state index is 5.41. The fraction of sp³-hybridized carbons (Fsp3) is 0.611. The number of guanidine groups is 1. The molecule has 2 N–H and O–H groups in total. The van der Waals surface area contributed by atoms with Gasteiger partial charge in [0, 0.05) is 32.8 Å². The monoisotopic (exact) mass is 463 g/mol. The summed E-state index contributed by atoms with van der Waals surface area (Å²) in [7, 11) is 0. The van der Waals surface area contributed by atoms with Crippen molar-refractivity contribution in [2.45, 2.75) is 33.1 Å². The minimum Gasteiger partial charge on any atom is -0.454 e. The predicted octanol–water partition coefficient (Wildman–Crippen LogP) is 2.95. The molecule has 0 amide bonds. The van der Waals surface area contributed by atoms with Crippen molar-refractivity contribution < 1.29 is 14.2 Å². The van der Waals surface area contributed by atoms with Crippen molar-refractivity contribution in [1.29, 1.82) is 0 Å². The van der Waals surface area contributed by atoms with E-state index in [9.17, 15) is 0 Å². The van der Waals surface area contributed by atoms with Gasteiger partial charge in [-0.3, -0.25) is 4.99 Å². The van der Waals surface area contributed by atoms with Gasteiger partial charge in [0.1, 0.15) is 0 Å². The molecule has 6 nitrogen and oxygen atoms in total. The lowest BCUT2D eigenvalue weighted by molar-refractivity contribution is 0.144. The first kappa shape index (κ1) is 21.8. The van der Waals surface area contributed by atoms with Crippen LogP contribution < -0.4 is 20.1 Å². The number of ether oxygens (including phenoxy) is 3. The summed E-state index contributed by atoms with van der Waals surface area (Å²) >= 11 is 0. The van der Waals surface area contributed by atoms with Crippen LogP contribution in [-0.4, -0.2) is 45.6 Å². The minimum atomic E-state index is 0. The molecule has 0 aromatic heterocycles. The number of nitrogens with zero attached hydrogens (tertiary/aromatic N) is 1. The molecule has 25 heavy (non-hydrogen) atoms. The van der Waals surface area contributed by atoms with Crippen LogP contribution >= 0.6 is 24.0 Å². The largest absolute Gasteiger partial charge is 0.454 e. The van der Waals surface area contributed by atoms with Gasteiger partial charge >= 0.3 is 0 Å². The average Bonchev–Trinajstić information content (AvgIpc) is 3.05. The van der Waals surface area contributed by atoms with Gasteiger partial charge in [0.05, 0.1) is 0 Å². The van der Waals surface area contributed by atoms with Gasteiger partial charge in [0.25, 0.3) is 0 Å². The molecule has 0 aliphatic carbocycles. The number of halogens is 1. The van der Waals surface area contributed by atoms with Crippen LogP contribution in [0.25, 0.3) is 0 Å². The molecule has 7 heteroatoms. The van der Waals surface area contributed by atoms with Gasteiger partial charge in [-0.2, -0.15) is 0 Å². The van der Waals surface area contributed by atoms with E-state index in [4.69, 9.17) is 14.2 Å². The number of nitrogens with one attached hydrogen (secondary N) is 2. The molecule has 0 fully saturated rings. The van der Waals surface area contributed by atoms with Crippen molar-refractivity contribution in [2.75, 3.05) is 39.6 Å². The Labute approximate surface area is 167 Å². The predicted molar refractivity (Wildman–Crippen MR) is 111 cm³/mol. The summed E-state index contributed by atoms with van der Waals surface area (Å²) < 4.78 is 16.1. The zero-order chi connectivity index (χ0) is 17.0. The first-order valence-electron chi connectivity index (χ1n) is 8.82. The van der Waals surface area contributed by atoms with E-state index < -0.39 is 0 Å². The van der Waals surface area contributed by atoms with Crippen LogP contribution in [0.1, 0.15) is 32.3 Å². The van der Waals surface area contributed by atoms with Gasteiger partial charge in [-0.25, -0.2) is 0 Å². The fourth-order valence-electron chi connectivity index (χ4n) is 2.41. The van der Waals surface area contributed by atoms with Crippen molar-refractivity contribution in [3.63, 3.8) is 0 Å². The van der Waals surface area contributed by atoms with E-state index in [0.717, 1.165) is 69.6 Å². The molecule has 0 bridgehead atoms. The Hall–Kier alpha value is -1.22. The number of hydrogen-bond acceptors (Lipinski definition) is 4. The molecule has 0 saturated carbocycles. The standard InChI is InChI=1S/C18H29N3O3.HI/c1-3-19-18(20-10-5-6-12-22-4-2)21-11-9-15-7-8-16-17(13-15)24-14-23-16;/h7-8,13H,3-6,9-12,14H2,1-2H3,(H2,19,20,21);1H. The molecule has 1 aliphatic rings. The maximum Gasteiger partial charge on any atom is 0.231 e. The molecular weight excluding hydrogens is 433 g/mol. The number of hydrogen-bond donors (Lipinski definition) is 2. The second-order valence-corrected chi connectivity index (χ2v) is 5.53. The van der Waals surface area contributed by atoms with Crippen LogP contribution in [0.2, 0.25) is 0 Å². The Morgan fingerprint density at radius 3 is 2.80 bits per heavy atom. The van der Waals surface area contributed by atoms with Crippen LogP contribution in [0, 0.1) is 0 Å². The Kier molecular flexibility index (Phi) is 11.4. The fourth-order valence-corrected chi connectivity index (χ4v) is 2.41. The summed E-state index contributed by atoms with van der Waals surface area (Å²) in [5.41, 5.74) is 1.22. The third-order valence-corrected chi connectivity index (χ3v) is 3.66. The summed E-state index contributed by atoms with van der Waals surface area (Å²) in [5, 5.41) is 6.65. The normalized spacial score (nSPS) is 12.6. The van der Waals surface area contributed by atoms with E-state index in [-0.39, 0.29) is 24.0 Å². The van der Waals surface area contributed by atoms with Gasteiger partial charge in [0.15, 0.2) is 17.5 Å². The molecule has 1 aliphatic heterocycles. The third-order valence-electron chi connectivity index (χ3n) is 3.66. The topological polar surface area (TPSA) is 64.1 Å². The Morgan fingerprint density at radius 1 is 1.16 bits per heavy atom. The van der Waals surface area contributed by atoms with E-state index in [2.05, 4.69) is 28.6 Å². The molecule has 1 aromatic carbocycles. The summed E-state index contributed by atoms with van der Waals surface area (Å²) in [6.07, 6.45) is 3.00. The van der Waals surface area contributed by atoms with Crippen molar-refractivity contribution in [3.8, 4) is 11.5 Å². The van der Waals surface area contributed by atoms with Gasteiger partial charge in [-0.05, 0) is 50.8 Å². The molecule has 142 valence electrons. The highest BCUT2D eigenvalue weighted by molar-refractivity contribution is 14.0. The van der Waals surface area contributed by atoms with E-state index in [1.807, 2.05) is 19.1 Å². The summed E-state index contributed by atoms with van der Waals surface area (Å²) in [6, 6.07) is 6.09. The second-order valence-electron chi connectivity index (χ2n) is 5.53. The van der Waals surface area contributed by atoms with Crippen molar-refractivity contribution in [3.05, 3.63) is 23.8 Å². The summed E-state index contributed by atoms with van der Waals surface area (Å²) in [5.74, 6) is 2.53. The van der Waals surface area contributed by atoms with Crippen molar-refractivity contribution >= 4 is 29.9 Å². The highest BCUT2D eigenvalue weighted by Gasteiger charge is 2.12. The number of rotatable bonds is 10. The van der Waals surface area contributed by atoms with E-state index in [1.165, 1.54) is 5.56 Å². The van der Waals surface area contributed by atoms with Crippen LogP contribution in [0.5, 0.6) is 11.5 Å². The average molecular weight is 463 g/mol. The molecule has 1 heterocycles. The molecule has 1 aromatic rings. The van der Waals surface area contributed by atoms with E-state index in [1.54, 1.807) is 0 Å². The summed E-state index contributed by atoms with van der Waals surface area (Å²) in [4.78, 5) is 4.59. The van der Waals surface area contributed by atoms with Crippen LogP contribution in [0.3, 0.4) is 0 Å². The highest BCUT2D eigenvalue weighted by atomic mass is 127. The van der Waals surface area contributed by atoms with Crippen molar-refractivity contribution in [1.82, 2.24) is 10.6 Å².